The molecule has 2 rings (SSSR count). The monoisotopic (exact) mass is 239 g/mol. The van der Waals surface area contributed by atoms with Crippen molar-refractivity contribution in [2.45, 2.75) is 6.61 Å². The summed E-state index contributed by atoms with van der Waals surface area (Å²) in [5.74, 6) is 0.789. The summed E-state index contributed by atoms with van der Waals surface area (Å²) in [6, 6.07) is 13.1. The summed E-state index contributed by atoms with van der Waals surface area (Å²) < 4.78 is 0. The number of benzene rings is 1. The molecule has 0 spiro atoms. The fraction of sp³-hybridized carbons (Fsp3) is 0.143. The molecule has 1 heterocycles. The van der Waals surface area contributed by atoms with E-state index >= 15 is 0 Å². The van der Waals surface area contributed by atoms with Gasteiger partial charge in [-0.3, -0.25) is 0 Å². The lowest BCUT2D eigenvalue weighted by atomic mass is 10.2. The van der Waals surface area contributed by atoms with Crippen LogP contribution in [0.5, 0.6) is 0 Å². The second-order valence-corrected chi connectivity index (χ2v) is 3.90. The van der Waals surface area contributed by atoms with Gasteiger partial charge < -0.3 is 10.0 Å². The van der Waals surface area contributed by atoms with E-state index in [1.54, 1.807) is 18.3 Å². The lowest BCUT2D eigenvalue weighted by Gasteiger charge is -2.18. The average Bonchev–Trinajstić information content (AvgIpc) is 2.47. The Morgan fingerprint density at radius 2 is 1.94 bits per heavy atom. The molecule has 0 aliphatic rings. The zero-order valence-electron chi connectivity index (χ0n) is 10.0. The standard InChI is InChI=1S/C14H13N3O/c1-17(13-5-2-11(8-15)3-6-13)14-7-4-12(10-18)9-16-14/h2-7,9,18H,10H2,1H3. The average molecular weight is 239 g/mol. The zero-order chi connectivity index (χ0) is 13.0. The first-order valence-electron chi connectivity index (χ1n) is 5.54. The molecule has 0 fully saturated rings. The van der Waals surface area contributed by atoms with Crippen LogP contribution in [0.3, 0.4) is 0 Å². The summed E-state index contributed by atoms with van der Waals surface area (Å²) in [4.78, 5) is 6.19. The van der Waals surface area contributed by atoms with Gasteiger partial charge in [0.1, 0.15) is 5.82 Å². The summed E-state index contributed by atoms with van der Waals surface area (Å²) in [6.07, 6.45) is 1.65. The van der Waals surface area contributed by atoms with Crippen LogP contribution in [0.25, 0.3) is 0 Å². The first kappa shape index (κ1) is 12.1. The van der Waals surface area contributed by atoms with Gasteiger partial charge in [0.2, 0.25) is 0 Å². The Kier molecular flexibility index (Phi) is 3.56. The van der Waals surface area contributed by atoms with E-state index in [4.69, 9.17) is 10.4 Å². The maximum absolute atomic E-state index is 8.96. The minimum absolute atomic E-state index is 0.00609. The van der Waals surface area contributed by atoms with Crippen molar-refractivity contribution in [1.29, 1.82) is 5.26 Å². The van der Waals surface area contributed by atoms with Crippen LogP contribution in [0, 0.1) is 11.3 Å². The third-order valence-corrected chi connectivity index (χ3v) is 2.72. The molecule has 1 N–H and O–H groups in total. The Morgan fingerprint density at radius 1 is 1.22 bits per heavy atom. The number of nitriles is 1. The molecular formula is C14H13N3O. The van der Waals surface area contributed by atoms with Crippen molar-refractivity contribution >= 4 is 11.5 Å². The molecule has 2 aromatic rings. The van der Waals surface area contributed by atoms with Gasteiger partial charge in [0.25, 0.3) is 0 Å². The Hall–Kier alpha value is -2.38. The van der Waals surface area contributed by atoms with Crippen LogP contribution in [0.4, 0.5) is 11.5 Å². The topological polar surface area (TPSA) is 60.2 Å². The molecular weight excluding hydrogens is 226 g/mol. The van der Waals surface area contributed by atoms with Crippen molar-refractivity contribution in [3.63, 3.8) is 0 Å². The summed E-state index contributed by atoms with van der Waals surface area (Å²) >= 11 is 0. The highest BCUT2D eigenvalue weighted by Gasteiger charge is 2.05. The lowest BCUT2D eigenvalue weighted by molar-refractivity contribution is 0.281. The molecule has 4 nitrogen and oxygen atoms in total. The molecule has 90 valence electrons. The van der Waals surface area contributed by atoms with E-state index in [0.29, 0.717) is 5.56 Å². The fourth-order valence-electron chi connectivity index (χ4n) is 1.60. The minimum Gasteiger partial charge on any atom is -0.392 e. The Balaban J connectivity index is 2.23. The molecule has 18 heavy (non-hydrogen) atoms. The van der Waals surface area contributed by atoms with Crippen LogP contribution >= 0.6 is 0 Å². The quantitative estimate of drug-likeness (QED) is 0.892. The van der Waals surface area contributed by atoms with Gasteiger partial charge >= 0.3 is 0 Å². The third-order valence-electron chi connectivity index (χ3n) is 2.72. The first-order valence-corrected chi connectivity index (χ1v) is 5.54. The molecule has 0 saturated carbocycles. The Morgan fingerprint density at radius 3 is 2.44 bits per heavy atom. The Bertz CT molecular complexity index is 555. The molecule has 1 aromatic carbocycles. The smallest absolute Gasteiger partial charge is 0.132 e. The molecule has 0 aliphatic heterocycles. The molecule has 0 aliphatic carbocycles. The maximum atomic E-state index is 8.96. The van der Waals surface area contributed by atoms with Gasteiger partial charge in [-0.15, -0.1) is 0 Å². The first-order chi connectivity index (χ1) is 8.74. The van der Waals surface area contributed by atoms with Crippen molar-refractivity contribution in [3.8, 4) is 6.07 Å². The molecule has 4 heteroatoms. The molecule has 1 aromatic heterocycles. The van der Waals surface area contributed by atoms with Gasteiger partial charge in [0, 0.05) is 18.9 Å². The minimum atomic E-state index is -0.00609. The number of aliphatic hydroxyl groups is 1. The van der Waals surface area contributed by atoms with Crippen molar-refractivity contribution < 1.29 is 5.11 Å². The van der Waals surface area contributed by atoms with Crippen LogP contribution in [-0.4, -0.2) is 17.1 Å². The molecule has 0 saturated heterocycles. The molecule has 0 amide bonds. The molecule has 0 atom stereocenters. The van der Waals surface area contributed by atoms with Crippen LogP contribution in [0.2, 0.25) is 0 Å². The van der Waals surface area contributed by atoms with Crippen molar-refractivity contribution in [1.82, 2.24) is 4.98 Å². The van der Waals surface area contributed by atoms with E-state index in [2.05, 4.69) is 11.1 Å². The van der Waals surface area contributed by atoms with Gasteiger partial charge in [-0.25, -0.2) is 4.98 Å². The highest BCUT2D eigenvalue weighted by molar-refractivity contribution is 5.60. The van der Waals surface area contributed by atoms with Crippen LogP contribution < -0.4 is 4.90 Å². The second-order valence-electron chi connectivity index (χ2n) is 3.90. The van der Waals surface area contributed by atoms with Crippen molar-refractivity contribution in [3.05, 3.63) is 53.7 Å². The van der Waals surface area contributed by atoms with Gasteiger partial charge in [0.05, 0.1) is 18.2 Å². The van der Waals surface area contributed by atoms with E-state index in [1.165, 1.54) is 0 Å². The van der Waals surface area contributed by atoms with E-state index in [-0.39, 0.29) is 6.61 Å². The lowest BCUT2D eigenvalue weighted by Crippen LogP contribution is -2.11. The SMILES string of the molecule is CN(c1ccc(C#N)cc1)c1ccc(CO)cn1. The number of hydrogen-bond donors (Lipinski definition) is 1. The van der Waals surface area contributed by atoms with E-state index < -0.39 is 0 Å². The molecule has 0 radical (unpaired) electrons. The summed E-state index contributed by atoms with van der Waals surface area (Å²) in [7, 11) is 1.91. The van der Waals surface area contributed by atoms with E-state index in [9.17, 15) is 0 Å². The fourth-order valence-corrected chi connectivity index (χ4v) is 1.60. The second kappa shape index (κ2) is 5.30. The van der Waals surface area contributed by atoms with Crippen LogP contribution in [0.15, 0.2) is 42.6 Å². The molecule has 0 bridgehead atoms. The van der Waals surface area contributed by atoms with Crippen LogP contribution in [-0.2, 0) is 6.61 Å². The number of aromatic nitrogens is 1. The predicted molar refractivity (Wildman–Crippen MR) is 69.4 cm³/mol. The number of hydrogen-bond acceptors (Lipinski definition) is 4. The summed E-state index contributed by atoms with van der Waals surface area (Å²) in [5, 5.41) is 17.7. The Labute approximate surface area is 106 Å². The highest BCUT2D eigenvalue weighted by atomic mass is 16.3. The molecule has 0 unspecified atom stereocenters. The number of pyridine rings is 1. The predicted octanol–water partition coefficient (Wildman–Crippen LogP) is 2.21. The highest BCUT2D eigenvalue weighted by Crippen LogP contribution is 2.21. The number of aliphatic hydroxyl groups excluding tert-OH is 1. The van der Waals surface area contributed by atoms with E-state index in [0.717, 1.165) is 17.1 Å². The van der Waals surface area contributed by atoms with Gasteiger partial charge in [-0.05, 0) is 35.9 Å². The summed E-state index contributed by atoms with van der Waals surface area (Å²) in [5.41, 5.74) is 2.38. The van der Waals surface area contributed by atoms with Gasteiger partial charge in [0.15, 0.2) is 0 Å². The number of rotatable bonds is 3. The summed E-state index contributed by atoms with van der Waals surface area (Å²) in [6.45, 7) is -0.00609. The zero-order valence-corrected chi connectivity index (χ0v) is 10.0. The third kappa shape index (κ3) is 2.47. The van der Waals surface area contributed by atoms with E-state index in [1.807, 2.05) is 36.2 Å². The van der Waals surface area contributed by atoms with Crippen LogP contribution in [0.1, 0.15) is 11.1 Å². The maximum Gasteiger partial charge on any atom is 0.132 e. The van der Waals surface area contributed by atoms with Gasteiger partial charge in [-0.1, -0.05) is 6.07 Å². The number of nitrogens with zero attached hydrogens (tertiary/aromatic N) is 3. The van der Waals surface area contributed by atoms with Gasteiger partial charge in [-0.2, -0.15) is 5.26 Å². The largest absolute Gasteiger partial charge is 0.392 e. The van der Waals surface area contributed by atoms with Crippen molar-refractivity contribution in [2.24, 2.45) is 0 Å². The number of anilines is 2. The van der Waals surface area contributed by atoms with Crippen molar-refractivity contribution in [2.75, 3.05) is 11.9 Å². The normalized spacial score (nSPS) is 9.83.